The van der Waals surface area contributed by atoms with E-state index >= 15 is 0 Å². The molecule has 2 nitrogen and oxygen atoms in total. The number of thiazole rings is 1. The van der Waals surface area contributed by atoms with Gasteiger partial charge in [0, 0.05) is 29.2 Å². The molecule has 1 atom stereocenters. The minimum absolute atomic E-state index is 0.0496. The Balaban J connectivity index is 2.04. The minimum Gasteiger partial charge on any atom is -0.305 e. The van der Waals surface area contributed by atoms with E-state index in [1.807, 2.05) is 25.3 Å². The zero-order chi connectivity index (χ0) is 13.0. The first-order valence-corrected chi connectivity index (χ1v) is 6.91. The molecule has 0 amide bonds. The van der Waals surface area contributed by atoms with Gasteiger partial charge in [0.05, 0.1) is 5.01 Å². The Hall–Kier alpha value is -1.26. The van der Waals surface area contributed by atoms with E-state index in [1.54, 1.807) is 17.4 Å². The van der Waals surface area contributed by atoms with Gasteiger partial charge in [-0.05, 0) is 19.4 Å². The van der Waals surface area contributed by atoms with Gasteiger partial charge < -0.3 is 5.32 Å². The lowest BCUT2D eigenvalue weighted by Gasteiger charge is -2.17. The predicted octanol–water partition coefficient (Wildman–Crippen LogP) is 3.83. The second-order valence-electron chi connectivity index (χ2n) is 4.21. The molecule has 0 aliphatic rings. The van der Waals surface area contributed by atoms with E-state index in [0.717, 1.165) is 23.5 Å². The summed E-state index contributed by atoms with van der Waals surface area (Å²) in [7, 11) is 0. The molecule has 0 saturated heterocycles. The third kappa shape index (κ3) is 3.15. The Labute approximate surface area is 111 Å². The van der Waals surface area contributed by atoms with Crippen LogP contribution >= 0.6 is 11.3 Å². The van der Waals surface area contributed by atoms with Gasteiger partial charge >= 0.3 is 0 Å². The van der Waals surface area contributed by atoms with Crippen LogP contribution in [-0.4, -0.2) is 4.98 Å². The van der Waals surface area contributed by atoms with Crippen molar-refractivity contribution in [2.24, 2.45) is 0 Å². The van der Waals surface area contributed by atoms with Crippen LogP contribution in [0.2, 0.25) is 0 Å². The molecule has 4 heteroatoms. The molecule has 2 rings (SSSR count). The molecule has 2 aromatic rings. The fourth-order valence-electron chi connectivity index (χ4n) is 1.94. The minimum atomic E-state index is -0.141. The summed E-state index contributed by atoms with van der Waals surface area (Å²) in [6.07, 6.45) is 2.74. The molecule has 0 spiro atoms. The summed E-state index contributed by atoms with van der Waals surface area (Å²) in [6, 6.07) is 7.00. The highest BCUT2D eigenvalue weighted by atomic mass is 32.1. The van der Waals surface area contributed by atoms with Gasteiger partial charge in [-0.2, -0.15) is 0 Å². The van der Waals surface area contributed by atoms with Crippen molar-refractivity contribution in [2.75, 3.05) is 0 Å². The largest absolute Gasteiger partial charge is 0.305 e. The topological polar surface area (TPSA) is 24.9 Å². The monoisotopic (exact) mass is 264 g/mol. The van der Waals surface area contributed by atoms with Crippen molar-refractivity contribution in [3.63, 3.8) is 0 Å². The van der Waals surface area contributed by atoms with E-state index in [0.29, 0.717) is 0 Å². The van der Waals surface area contributed by atoms with E-state index in [1.165, 1.54) is 10.9 Å². The molecule has 0 aliphatic heterocycles. The molecular formula is C14H17FN2S. The van der Waals surface area contributed by atoms with Crippen LogP contribution in [0.3, 0.4) is 0 Å². The SMILES string of the molecule is CCC(NCc1cnc(C)s1)c1ccccc1F. The smallest absolute Gasteiger partial charge is 0.127 e. The zero-order valence-corrected chi connectivity index (χ0v) is 11.4. The number of aryl methyl sites for hydroxylation is 1. The Morgan fingerprint density at radius 3 is 2.78 bits per heavy atom. The van der Waals surface area contributed by atoms with E-state index in [2.05, 4.69) is 17.2 Å². The summed E-state index contributed by atoms with van der Waals surface area (Å²) >= 11 is 1.67. The molecule has 1 aromatic heterocycles. The van der Waals surface area contributed by atoms with Crippen LogP contribution in [0, 0.1) is 12.7 Å². The van der Waals surface area contributed by atoms with E-state index in [-0.39, 0.29) is 11.9 Å². The highest BCUT2D eigenvalue weighted by Crippen LogP contribution is 2.21. The fraction of sp³-hybridized carbons (Fsp3) is 0.357. The van der Waals surface area contributed by atoms with Crippen LogP contribution in [-0.2, 0) is 6.54 Å². The van der Waals surface area contributed by atoms with Crippen LogP contribution in [0.4, 0.5) is 4.39 Å². The molecule has 0 radical (unpaired) electrons. The summed E-state index contributed by atoms with van der Waals surface area (Å²) in [5.41, 5.74) is 0.737. The number of hydrogen-bond acceptors (Lipinski definition) is 3. The molecule has 1 N–H and O–H groups in total. The summed E-state index contributed by atoms with van der Waals surface area (Å²) in [5.74, 6) is -0.141. The lowest BCUT2D eigenvalue weighted by molar-refractivity contribution is 0.490. The third-order valence-corrected chi connectivity index (χ3v) is 3.79. The van der Waals surface area contributed by atoms with Gasteiger partial charge in [0.15, 0.2) is 0 Å². The number of benzene rings is 1. The van der Waals surface area contributed by atoms with E-state index in [9.17, 15) is 4.39 Å². The van der Waals surface area contributed by atoms with Crippen LogP contribution in [0.5, 0.6) is 0 Å². The van der Waals surface area contributed by atoms with Gasteiger partial charge in [0.1, 0.15) is 5.82 Å². The van der Waals surface area contributed by atoms with Crippen LogP contribution in [0.1, 0.15) is 34.8 Å². The standard InChI is InChI=1S/C14H17FN2S/c1-3-14(12-6-4-5-7-13(12)15)17-9-11-8-16-10(2)18-11/h4-8,14,17H,3,9H2,1-2H3. The fourth-order valence-corrected chi connectivity index (χ4v) is 2.69. The quantitative estimate of drug-likeness (QED) is 0.887. The van der Waals surface area contributed by atoms with Crippen LogP contribution < -0.4 is 5.32 Å². The van der Waals surface area contributed by atoms with Gasteiger partial charge in [0.25, 0.3) is 0 Å². The molecule has 1 unspecified atom stereocenters. The Kier molecular flexibility index (Phi) is 4.44. The van der Waals surface area contributed by atoms with Gasteiger partial charge in [-0.15, -0.1) is 11.3 Å². The first-order chi connectivity index (χ1) is 8.70. The summed E-state index contributed by atoms with van der Waals surface area (Å²) in [6.45, 7) is 4.78. The van der Waals surface area contributed by atoms with E-state index < -0.39 is 0 Å². The average molecular weight is 264 g/mol. The molecule has 0 aliphatic carbocycles. The number of rotatable bonds is 5. The average Bonchev–Trinajstić information content (AvgIpc) is 2.78. The highest BCUT2D eigenvalue weighted by Gasteiger charge is 2.13. The molecular weight excluding hydrogens is 247 g/mol. The molecule has 1 aromatic carbocycles. The maximum atomic E-state index is 13.7. The molecule has 0 fully saturated rings. The van der Waals surface area contributed by atoms with Crippen LogP contribution in [0.25, 0.3) is 0 Å². The number of nitrogens with one attached hydrogen (secondary N) is 1. The third-order valence-electron chi connectivity index (χ3n) is 2.88. The van der Waals surface area contributed by atoms with Crippen molar-refractivity contribution in [3.8, 4) is 0 Å². The van der Waals surface area contributed by atoms with Crippen LogP contribution in [0.15, 0.2) is 30.5 Å². The van der Waals surface area contributed by atoms with Crippen molar-refractivity contribution in [3.05, 3.63) is 51.7 Å². The second-order valence-corrected chi connectivity index (χ2v) is 5.53. The summed E-state index contributed by atoms with van der Waals surface area (Å²) in [4.78, 5) is 5.40. The maximum Gasteiger partial charge on any atom is 0.127 e. The number of halogens is 1. The lowest BCUT2D eigenvalue weighted by atomic mass is 10.0. The Bertz CT molecular complexity index is 510. The maximum absolute atomic E-state index is 13.7. The number of hydrogen-bond donors (Lipinski definition) is 1. The Morgan fingerprint density at radius 2 is 2.17 bits per heavy atom. The predicted molar refractivity (Wildman–Crippen MR) is 73.1 cm³/mol. The molecule has 96 valence electrons. The first-order valence-electron chi connectivity index (χ1n) is 6.09. The van der Waals surface area contributed by atoms with Crippen molar-refractivity contribution >= 4 is 11.3 Å². The zero-order valence-electron chi connectivity index (χ0n) is 10.6. The van der Waals surface area contributed by atoms with E-state index in [4.69, 9.17) is 0 Å². The van der Waals surface area contributed by atoms with Crippen molar-refractivity contribution < 1.29 is 4.39 Å². The number of nitrogens with zero attached hydrogens (tertiary/aromatic N) is 1. The first kappa shape index (κ1) is 13.2. The summed E-state index contributed by atoms with van der Waals surface area (Å²) < 4.78 is 13.7. The van der Waals surface area contributed by atoms with Crippen molar-refractivity contribution in [1.29, 1.82) is 0 Å². The Morgan fingerprint density at radius 1 is 1.39 bits per heavy atom. The molecule has 1 heterocycles. The highest BCUT2D eigenvalue weighted by molar-refractivity contribution is 7.11. The van der Waals surface area contributed by atoms with Crippen molar-refractivity contribution in [1.82, 2.24) is 10.3 Å². The normalized spacial score (nSPS) is 12.6. The molecule has 0 saturated carbocycles. The second kappa shape index (κ2) is 6.07. The van der Waals surface area contributed by atoms with Gasteiger partial charge in [-0.3, -0.25) is 0 Å². The van der Waals surface area contributed by atoms with Gasteiger partial charge in [-0.1, -0.05) is 25.1 Å². The van der Waals surface area contributed by atoms with Gasteiger partial charge in [0.2, 0.25) is 0 Å². The molecule has 0 bridgehead atoms. The molecule has 18 heavy (non-hydrogen) atoms. The lowest BCUT2D eigenvalue weighted by Crippen LogP contribution is -2.20. The summed E-state index contributed by atoms with van der Waals surface area (Å²) in [5, 5.41) is 4.45. The van der Waals surface area contributed by atoms with Gasteiger partial charge in [-0.25, -0.2) is 9.37 Å². The number of aromatic nitrogens is 1. The van der Waals surface area contributed by atoms with Crippen molar-refractivity contribution in [2.45, 2.75) is 32.9 Å².